The summed E-state index contributed by atoms with van der Waals surface area (Å²) in [7, 11) is 0. The molecule has 4 nitrogen and oxygen atoms in total. The van der Waals surface area contributed by atoms with E-state index >= 15 is 0 Å². The minimum Gasteiger partial charge on any atom is -0.387 e. The summed E-state index contributed by atoms with van der Waals surface area (Å²) in [4.78, 5) is 19.3. The van der Waals surface area contributed by atoms with E-state index in [-0.39, 0.29) is 12.1 Å². The van der Waals surface area contributed by atoms with Gasteiger partial charge >= 0.3 is 0 Å². The summed E-state index contributed by atoms with van der Waals surface area (Å²) in [5, 5.41) is 11.1. The lowest BCUT2D eigenvalue weighted by Gasteiger charge is -2.12. The van der Waals surface area contributed by atoms with Crippen LogP contribution in [0.15, 0.2) is 41.5 Å². The van der Waals surface area contributed by atoms with Gasteiger partial charge in [-0.3, -0.25) is 9.36 Å². The number of aromatic nitrogens is 2. The molecule has 2 aromatic heterocycles. The fourth-order valence-electron chi connectivity index (χ4n) is 3.12. The first-order chi connectivity index (χ1) is 10.7. The van der Waals surface area contributed by atoms with E-state index in [1.54, 1.807) is 17.7 Å². The maximum absolute atomic E-state index is 12.7. The molecule has 0 aliphatic heterocycles. The van der Waals surface area contributed by atoms with Crippen LogP contribution in [0.1, 0.15) is 28.5 Å². The van der Waals surface area contributed by atoms with E-state index in [0.717, 1.165) is 35.0 Å². The fourth-order valence-corrected chi connectivity index (χ4v) is 4.34. The number of fused-ring (bicyclic) bond motifs is 3. The molecule has 1 unspecified atom stereocenters. The zero-order valence-corrected chi connectivity index (χ0v) is 12.8. The van der Waals surface area contributed by atoms with Crippen molar-refractivity contribution in [3.8, 4) is 0 Å². The van der Waals surface area contributed by atoms with Crippen LogP contribution in [-0.2, 0) is 19.4 Å². The number of nitrogens with zero attached hydrogens (tertiary/aromatic N) is 2. The SMILES string of the molecule is O=c1c2c3c(sc2ncn1CC(O)c1ccccc1)CCC3. The number of aryl methyl sites for hydroxylation is 2. The van der Waals surface area contributed by atoms with Crippen LogP contribution in [0.2, 0.25) is 0 Å². The molecule has 22 heavy (non-hydrogen) atoms. The molecule has 1 aliphatic rings. The summed E-state index contributed by atoms with van der Waals surface area (Å²) < 4.78 is 1.53. The van der Waals surface area contributed by atoms with E-state index in [4.69, 9.17) is 0 Å². The molecule has 3 aromatic rings. The Labute approximate surface area is 131 Å². The van der Waals surface area contributed by atoms with E-state index in [9.17, 15) is 9.90 Å². The average Bonchev–Trinajstić information content (AvgIpc) is 3.11. The highest BCUT2D eigenvalue weighted by Crippen LogP contribution is 2.34. The summed E-state index contributed by atoms with van der Waals surface area (Å²) in [6.45, 7) is 0.233. The third-order valence-corrected chi connectivity index (χ3v) is 5.45. The molecule has 5 heteroatoms. The van der Waals surface area contributed by atoms with E-state index in [2.05, 4.69) is 4.98 Å². The van der Waals surface area contributed by atoms with Gasteiger partial charge in [0, 0.05) is 4.88 Å². The Morgan fingerprint density at radius 1 is 1.27 bits per heavy atom. The highest BCUT2D eigenvalue weighted by molar-refractivity contribution is 7.18. The number of benzene rings is 1. The zero-order valence-electron chi connectivity index (χ0n) is 12.0. The topological polar surface area (TPSA) is 55.1 Å². The van der Waals surface area contributed by atoms with Gasteiger partial charge in [0.2, 0.25) is 0 Å². The largest absolute Gasteiger partial charge is 0.387 e. The predicted octanol–water partition coefficient (Wildman–Crippen LogP) is 2.68. The summed E-state index contributed by atoms with van der Waals surface area (Å²) in [6.07, 6.45) is 4.00. The number of hydrogen-bond acceptors (Lipinski definition) is 4. The van der Waals surface area contributed by atoms with Gasteiger partial charge in [0.15, 0.2) is 0 Å². The molecule has 1 atom stereocenters. The second kappa shape index (κ2) is 5.34. The van der Waals surface area contributed by atoms with Crippen LogP contribution in [0.5, 0.6) is 0 Å². The summed E-state index contributed by atoms with van der Waals surface area (Å²) in [6, 6.07) is 9.40. The molecular formula is C17H16N2O2S. The van der Waals surface area contributed by atoms with Crippen LogP contribution >= 0.6 is 11.3 Å². The Kier molecular flexibility index (Phi) is 3.32. The molecule has 0 saturated carbocycles. The van der Waals surface area contributed by atoms with Gasteiger partial charge < -0.3 is 5.11 Å². The fraction of sp³-hybridized carbons (Fsp3) is 0.294. The van der Waals surface area contributed by atoms with Gasteiger partial charge in [-0.25, -0.2) is 4.98 Å². The highest BCUT2D eigenvalue weighted by atomic mass is 32.1. The van der Waals surface area contributed by atoms with Crippen LogP contribution in [0, 0.1) is 0 Å². The quantitative estimate of drug-likeness (QED) is 0.809. The van der Waals surface area contributed by atoms with Crippen molar-refractivity contribution >= 4 is 21.6 Å². The molecule has 0 bridgehead atoms. The predicted molar refractivity (Wildman–Crippen MR) is 87.3 cm³/mol. The smallest absolute Gasteiger partial charge is 0.262 e. The molecule has 1 aliphatic carbocycles. The van der Waals surface area contributed by atoms with Gasteiger partial charge in [0.25, 0.3) is 5.56 Å². The molecular weight excluding hydrogens is 296 g/mol. The van der Waals surface area contributed by atoms with Gasteiger partial charge in [0.05, 0.1) is 24.4 Å². The molecule has 0 fully saturated rings. The lowest BCUT2D eigenvalue weighted by atomic mass is 10.1. The lowest BCUT2D eigenvalue weighted by Crippen LogP contribution is -2.23. The maximum atomic E-state index is 12.7. The van der Waals surface area contributed by atoms with Gasteiger partial charge in [-0.1, -0.05) is 30.3 Å². The first-order valence-corrected chi connectivity index (χ1v) is 8.28. The lowest BCUT2D eigenvalue weighted by molar-refractivity contribution is 0.155. The molecule has 0 spiro atoms. The molecule has 112 valence electrons. The Morgan fingerprint density at radius 2 is 2.09 bits per heavy atom. The van der Waals surface area contributed by atoms with Crippen LogP contribution in [0.25, 0.3) is 10.2 Å². The van der Waals surface area contributed by atoms with Crippen molar-refractivity contribution < 1.29 is 5.11 Å². The summed E-state index contributed by atoms with van der Waals surface area (Å²) >= 11 is 1.64. The third kappa shape index (κ3) is 2.17. The molecule has 0 amide bonds. The maximum Gasteiger partial charge on any atom is 0.262 e. The molecule has 2 heterocycles. The van der Waals surface area contributed by atoms with Crippen LogP contribution in [-0.4, -0.2) is 14.7 Å². The van der Waals surface area contributed by atoms with Gasteiger partial charge in [0.1, 0.15) is 4.83 Å². The van der Waals surface area contributed by atoms with Crippen LogP contribution < -0.4 is 5.56 Å². The minimum atomic E-state index is -0.704. The van der Waals surface area contributed by atoms with Crippen LogP contribution in [0.3, 0.4) is 0 Å². The van der Waals surface area contributed by atoms with E-state index in [0.29, 0.717) is 0 Å². The van der Waals surface area contributed by atoms with Gasteiger partial charge in [-0.05, 0) is 30.4 Å². The van der Waals surface area contributed by atoms with Crippen molar-refractivity contribution in [3.63, 3.8) is 0 Å². The average molecular weight is 312 g/mol. The van der Waals surface area contributed by atoms with E-state index in [1.807, 2.05) is 30.3 Å². The monoisotopic (exact) mass is 312 g/mol. The standard InChI is InChI=1S/C17H16N2O2S/c20-13(11-5-2-1-3-6-11)9-19-10-18-16-15(17(19)21)12-7-4-8-14(12)22-16/h1-3,5-6,10,13,20H,4,7-9H2. The van der Waals surface area contributed by atoms with Crippen molar-refractivity contribution in [1.82, 2.24) is 9.55 Å². The van der Waals surface area contributed by atoms with E-state index < -0.39 is 6.10 Å². The van der Waals surface area contributed by atoms with Crippen molar-refractivity contribution in [1.29, 1.82) is 0 Å². The Hall–Kier alpha value is -1.98. The molecule has 1 aromatic carbocycles. The molecule has 1 N–H and O–H groups in total. The Balaban J connectivity index is 1.74. The van der Waals surface area contributed by atoms with Crippen molar-refractivity contribution in [3.05, 3.63) is 63.0 Å². The number of thiophene rings is 1. The van der Waals surface area contributed by atoms with Gasteiger partial charge in [-0.15, -0.1) is 11.3 Å². The molecule has 0 radical (unpaired) electrons. The van der Waals surface area contributed by atoms with Gasteiger partial charge in [-0.2, -0.15) is 0 Å². The van der Waals surface area contributed by atoms with Crippen molar-refractivity contribution in [2.45, 2.75) is 31.9 Å². The Morgan fingerprint density at radius 3 is 2.91 bits per heavy atom. The second-order valence-electron chi connectivity index (χ2n) is 5.67. The minimum absolute atomic E-state index is 0.0284. The molecule has 0 saturated heterocycles. The second-order valence-corrected chi connectivity index (χ2v) is 6.75. The van der Waals surface area contributed by atoms with Crippen molar-refractivity contribution in [2.75, 3.05) is 0 Å². The number of rotatable bonds is 3. The van der Waals surface area contributed by atoms with E-state index in [1.165, 1.54) is 15.0 Å². The van der Waals surface area contributed by atoms with Crippen LogP contribution in [0.4, 0.5) is 0 Å². The normalized spacial score (nSPS) is 15.1. The number of hydrogen-bond donors (Lipinski definition) is 1. The first-order valence-electron chi connectivity index (χ1n) is 7.47. The third-order valence-electron chi connectivity index (χ3n) is 4.25. The number of aliphatic hydroxyl groups excluding tert-OH is 1. The number of aliphatic hydroxyl groups is 1. The summed E-state index contributed by atoms with van der Waals surface area (Å²) in [5.74, 6) is 0. The highest BCUT2D eigenvalue weighted by Gasteiger charge is 2.21. The Bertz CT molecular complexity index is 883. The molecule has 4 rings (SSSR count). The summed E-state index contributed by atoms with van der Waals surface area (Å²) in [5.41, 5.74) is 1.96. The van der Waals surface area contributed by atoms with Crippen molar-refractivity contribution in [2.24, 2.45) is 0 Å². The first kappa shape index (κ1) is 13.7. The zero-order chi connectivity index (χ0) is 15.1.